The molecule has 21 heavy (non-hydrogen) atoms. The summed E-state index contributed by atoms with van der Waals surface area (Å²) in [7, 11) is 0. The standard InChI is InChI=1S/C13H16F4N4/c14-10-7-21(4-3-11(10)20-9-1-2-9)12-18-5-8(6-19-12)13(15,16)17/h5-6,9-11,20H,1-4,7H2. The molecule has 0 amide bonds. The number of aromatic nitrogens is 2. The van der Waals surface area contributed by atoms with Crippen LogP contribution in [0.1, 0.15) is 24.8 Å². The normalized spacial score (nSPS) is 27.0. The Morgan fingerprint density at radius 2 is 1.81 bits per heavy atom. The van der Waals surface area contributed by atoms with Crippen LogP contribution >= 0.6 is 0 Å². The second-order valence-electron chi connectivity index (χ2n) is 5.57. The minimum Gasteiger partial charge on any atom is -0.338 e. The number of hydrogen-bond donors (Lipinski definition) is 1. The van der Waals surface area contributed by atoms with Gasteiger partial charge in [-0.25, -0.2) is 14.4 Å². The van der Waals surface area contributed by atoms with Gasteiger partial charge in [-0.1, -0.05) is 0 Å². The van der Waals surface area contributed by atoms with E-state index < -0.39 is 17.9 Å². The van der Waals surface area contributed by atoms with E-state index in [2.05, 4.69) is 15.3 Å². The number of rotatable bonds is 3. The molecule has 116 valence electrons. The molecule has 1 aliphatic carbocycles. The van der Waals surface area contributed by atoms with Crippen molar-refractivity contribution in [1.29, 1.82) is 0 Å². The van der Waals surface area contributed by atoms with Crippen LogP contribution in [-0.4, -0.2) is 41.3 Å². The van der Waals surface area contributed by atoms with Gasteiger partial charge in [-0.15, -0.1) is 0 Å². The van der Waals surface area contributed by atoms with Crippen LogP contribution in [0.25, 0.3) is 0 Å². The van der Waals surface area contributed by atoms with Crippen molar-refractivity contribution in [2.45, 2.75) is 43.7 Å². The molecule has 2 aliphatic rings. The van der Waals surface area contributed by atoms with Crippen molar-refractivity contribution < 1.29 is 17.6 Å². The molecule has 1 aliphatic heterocycles. The summed E-state index contributed by atoms with van der Waals surface area (Å²) in [6.07, 6.45) is -1.26. The van der Waals surface area contributed by atoms with Gasteiger partial charge in [-0.2, -0.15) is 13.2 Å². The molecular formula is C13H16F4N4. The molecular weight excluding hydrogens is 288 g/mol. The number of nitrogens with zero attached hydrogens (tertiary/aromatic N) is 3. The summed E-state index contributed by atoms with van der Waals surface area (Å²) >= 11 is 0. The van der Waals surface area contributed by atoms with E-state index in [0.29, 0.717) is 19.0 Å². The lowest BCUT2D eigenvalue weighted by Crippen LogP contribution is -2.51. The molecule has 1 aromatic rings. The van der Waals surface area contributed by atoms with E-state index in [1.807, 2.05) is 0 Å². The van der Waals surface area contributed by atoms with Crippen LogP contribution in [-0.2, 0) is 6.18 Å². The lowest BCUT2D eigenvalue weighted by Gasteiger charge is -2.35. The van der Waals surface area contributed by atoms with Gasteiger partial charge in [0.2, 0.25) is 5.95 Å². The minimum atomic E-state index is -4.46. The summed E-state index contributed by atoms with van der Waals surface area (Å²) in [5.74, 6) is 0.149. The van der Waals surface area contributed by atoms with Gasteiger partial charge in [0.05, 0.1) is 12.1 Å². The van der Waals surface area contributed by atoms with Crippen molar-refractivity contribution in [2.75, 3.05) is 18.0 Å². The van der Waals surface area contributed by atoms with E-state index in [1.54, 1.807) is 4.90 Å². The van der Waals surface area contributed by atoms with Gasteiger partial charge in [0.15, 0.2) is 0 Å². The van der Waals surface area contributed by atoms with Crippen LogP contribution in [0, 0.1) is 0 Å². The second kappa shape index (κ2) is 5.40. The molecule has 1 N–H and O–H groups in total. The third-order valence-corrected chi connectivity index (χ3v) is 3.82. The third kappa shape index (κ3) is 3.42. The smallest absolute Gasteiger partial charge is 0.338 e. The number of halogens is 4. The lowest BCUT2D eigenvalue weighted by molar-refractivity contribution is -0.138. The lowest BCUT2D eigenvalue weighted by atomic mass is 10.0. The number of alkyl halides is 4. The Labute approximate surface area is 119 Å². The summed E-state index contributed by atoms with van der Waals surface area (Å²) in [5, 5.41) is 3.25. The zero-order valence-electron chi connectivity index (χ0n) is 11.3. The second-order valence-corrected chi connectivity index (χ2v) is 5.57. The molecule has 1 saturated carbocycles. The molecule has 8 heteroatoms. The van der Waals surface area contributed by atoms with E-state index in [1.165, 1.54) is 0 Å². The quantitative estimate of drug-likeness (QED) is 0.869. The van der Waals surface area contributed by atoms with Gasteiger partial charge in [0.25, 0.3) is 0 Å². The highest BCUT2D eigenvalue weighted by Gasteiger charge is 2.35. The number of nitrogens with one attached hydrogen (secondary N) is 1. The Bertz CT molecular complexity index is 486. The van der Waals surface area contributed by atoms with Gasteiger partial charge in [0, 0.05) is 31.0 Å². The predicted molar refractivity (Wildman–Crippen MR) is 68.7 cm³/mol. The van der Waals surface area contributed by atoms with Gasteiger partial charge in [0.1, 0.15) is 6.17 Å². The van der Waals surface area contributed by atoms with Crippen LogP contribution in [0.3, 0.4) is 0 Å². The van der Waals surface area contributed by atoms with Gasteiger partial charge in [-0.05, 0) is 19.3 Å². The summed E-state index contributed by atoms with van der Waals surface area (Å²) in [5.41, 5.74) is -0.895. The van der Waals surface area contributed by atoms with Crippen LogP contribution in [0.15, 0.2) is 12.4 Å². The Morgan fingerprint density at radius 3 is 2.33 bits per heavy atom. The molecule has 1 aromatic heterocycles. The van der Waals surface area contributed by atoms with Crippen LogP contribution in [0.4, 0.5) is 23.5 Å². The third-order valence-electron chi connectivity index (χ3n) is 3.82. The molecule has 1 saturated heterocycles. The first-order valence-electron chi connectivity index (χ1n) is 6.98. The summed E-state index contributed by atoms with van der Waals surface area (Å²) in [6.45, 7) is 0.645. The molecule has 2 heterocycles. The van der Waals surface area contributed by atoms with Crippen molar-refractivity contribution in [2.24, 2.45) is 0 Å². The van der Waals surface area contributed by atoms with E-state index in [9.17, 15) is 17.6 Å². The fourth-order valence-electron chi connectivity index (χ4n) is 2.46. The van der Waals surface area contributed by atoms with Crippen LogP contribution < -0.4 is 10.2 Å². The summed E-state index contributed by atoms with van der Waals surface area (Å²) in [4.78, 5) is 9.01. The van der Waals surface area contributed by atoms with Gasteiger partial charge in [-0.3, -0.25) is 0 Å². The minimum absolute atomic E-state index is 0.107. The zero-order valence-corrected chi connectivity index (χ0v) is 11.3. The highest BCUT2D eigenvalue weighted by Crippen LogP contribution is 2.29. The number of anilines is 1. The largest absolute Gasteiger partial charge is 0.419 e. The number of piperidine rings is 1. The molecule has 0 spiro atoms. The Balaban J connectivity index is 1.62. The molecule has 4 nitrogen and oxygen atoms in total. The van der Waals surface area contributed by atoms with E-state index in [-0.39, 0.29) is 18.5 Å². The fourth-order valence-corrected chi connectivity index (χ4v) is 2.46. The Morgan fingerprint density at radius 1 is 1.14 bits per heavy atom. The maximum atomic E-state index is 14.1. The zero-order chi connectivity index (χ0) is 15.0. The fraction of sp³-hybridized carbons (Fsp3) is 0.692. The highest BCUT2D eigenvalue weighted by molar-refractivity contribution is 5.32. The van der Waals surface area contributed by atoms with Gasteiger partial charge >= 0.3 is 6.18 Å². The highest BCUT2D eigenvalue weighted by atomic mass is 19.4. The maximum Gasteiger partial charge on any atom is 0.419 e. The predicted octanol–water partition coefficient (Wildman–Crippen LogP) is 2.16. The molecule has 2 unspecified atom stereocenters. The van der Waals surface area contributed by atoms with Crippen molar-refractivity contribution in [1.82, 2.24) is 15.3 Å². The molecule has 2 atom stereocenters. The first kappa shape index (κ1) is 14.5. The number of hydrogen-bond acceptors (Lipinski definition) is 4. The van der Waals surface area contributed by atoms with Gasteiger partial charge < -0.3 is 10.2 Å². The van der Waals surface area contributed by atoms with Crippen molar-refractivity contribution in [3.05, 3.63) is 18.0 Å². The molecule has 3 rings (SSSR count). The summed E-state index contributed by atoms with van der Waals surface area (Å²) in [6, 6.07) is 0.255. The van der Waals surface area contributed by atoms with E-state index in [4.69, 9.17) is 0 Å². The first-order chi connectivity index (χ1) is 9.93. The van der Waals surface area contributed by atoms with E-state index >= 15 is 0 Å². The molecule has 0 aromatic carbocycles. The van der Waals surface area contributed by atoms with Crippen molar-refractivity contribution in [3.8, 4) is 0 Å². The average Bonchev–Trinajstić information content (AvgIpc) is 3.24. The van der Waals surface area contributed by atoms with Crippen LogP contribution in [0.2, 0.25) is 0 Å². The average molecular weight is 304 g/mol. The Kier molecular flexibility index (Phi) is 3.73. The van der Waals surface area contributed by atoms with Crippen molar-refractivity contribution in [3.63, 3.8) is 0 Å². The molecule has 0 radical (unpaired) electrons. The van der Waals surface area contributed by atoms with Crippen molar-refractivity contribution >= 4 is 5.95 Å². The SMILES string of the molecule is FC1CN(c2ncc(C(F)(F)F)cn2)CCC1NC1CC1. The molecule has 0 bridgehead atoms. The Hall–Kier alpha value is -1.44. The maximum absolute atomic E-state index is 14.1. The van der Waals surface area contributed by atoms with Crippen LogP contribution in [0.5, 0.6) is 0 Å². The van der Waals surface area contributed by atoms with E-state index in [0.717, 1.165) is 25.2 Å². The first-order valence-corrected chi connectivity index (χ1v) is 6.98. The molecule has 2 fully saturated rings. The summed E-state index contributed by atoms with van der Waals surface area (Å²) < 4.78 is 51.4. The monoisotopic (exact) mass is 304 g/mol. The topological polar surface area (TPSA) is 41.1 Å².